The van der Waals surface area contributed by atoms with Crippen molar-refractivity contribution < 1.29 is 19.7 Å². The summed E-state index contributed by atoms with van der Waals surface area (Å²) < 4.78 is 5.09. The number of carboxylic acids is 1. The maximum absolute atomic E-state index is 10.9. The van der Waals surface area contributed by atoms with Gasteiger partial charge in [-0.3, -0.25) is 0 Å². The number of ether oxygens (including phenoxy) is 1. The van der Waals surface area contributed by atoms with Gasteiger partial charge in [0.15, 0.2) is 0 Å². The molecule has 0 aromatic carbocycles. The van der Waals surface area contributed by atoms with Gasteiger partial charge >= 0.3 is 5.97 Å². The van der Waals surface area contributed by atoms with Crippen molar-refractivity contribution in [2.75, 3.05) is 26.4 Å². The van der Waals surface area contributed by atoms with Crippen molar-refractivity contribution in [3.63, 3.8) is 0 Å². The highest BCUT2D eigenvalue weighted by Gasteiger charge is 2.10. The number of nitrogens with one attached hydrogen (secondary N) is 1. The molecule has 0 spiro atoms. The van der Waals surface area contributed by atoms with Gasteiger partial charge in [0.05, 0.1) is 18.9 Å². The number of aromatic carboxylic acids is 1. The van der Waals surface area contributed by atoms with Gasteiger partial charge in [-0.05, 0) is 13.0 Å². The lowest BCUT2D eigenvalue weighted by molar-refractivity contribution is 0.0694. The molecule has 0 aliphatic rings. The van der Waals surface area contributed by atoms with E-state index < -0.39 is 5.97 Å². The molecule has 0 saturated carbocycles. The van der Waals surface area contributed by atoms with Crippen LogP contribution in [0, 0.1) is 0 Å². The van der Waals surface area contributed by atoms with Crippen LogP contribution in [0.1, 0.15) is 22.5 Å². The van der Waals surface area contributed by atoms with E-state index in [-0.39, 0.29) is 12.2 Å². The lowest BCUT2D eigenvalue weighted by atomic mass is 10.2. The first-order valence-electron chi connectivity index (χ1n) is 5.67. The number of aliphatic hydroxyl groups excluding tert-OH is 1. The van der Waals surface area contributed by atoms with Crippen molar-refractivity contribution in [1.29, 1.82) is 0 Å². The molecular weight excluding hydrogens is 238 g/mol. The quantitative estimate of drug-likeness (QED) is 0.518. The number of rotatable bonds is 9. The van der Waals surface area contributed by atoms with Crippen LogP contribution in [0.2, 0.25) is 0 Å². The first-order valence-corrected chi connectivity index (χ1v) is 5.67. The van der Waals surface area contributed by atoms with Crippen LogP contribution in [0.25, 0.3) is 0 Å². The van der Waals surface area contributed by atoms with Crippen molar-refractivity contribution in [3.8, 4) is 0 Å². The molecule has 3 N–H and O–H groups in total. The molecule has 0 aliphatic carbocycles. The van der Waals surface area contributed by atoms with E-state index in [1.54, 1.807) is 0 Å². The summed E-state index contributed by atoms with van der Waals surface area (Å²) >= 11 is 0. The van der Waals surface area contributed by atoms with Gasteiger partial charge in [-0.1, -0.05) is 0 Å². The lowest BCUT2D eigenvalue weighted by Crippen LogP contribution is -2.19. The fourth-order valence-corrected chi connectivity index (χ4v) is 1.35. The van der Waals surface area contributed by atoms with Gasteiger partial charge in [-0.2, -0.15) is 0 Å². The number of carbonyl (C=O) groups is 1. The Labute approximate surface area is 105 Å². The topological polar surface area (TPSA) is 105 Å². The Hall–Kier alpha value is -1.57. The van der Waals surface area contributed by atoms with Gasteiger partial charge in [-0.25, -0.2) is 14.8 Å². The zero-order valence-electron chi connectivity index (χ0n) is 10.0. The van der Waals surface area contributed by atoms with Crippen molar-refractivity contribution in [2.24, 2.45) is 0 Å². The van der Waals surface area contributed by atoms with Gasteiger partial charge in [0.25, 0.3) is 0 Å². The highest BCUT2D eigenvalue weighted by molar-refractivity contribution is 5.88. The fraction of sp³-hybridized carbons (Fsp3) is 0.545. The first-order chi connectivity index (χ1) is 8.75. The Kier molecular flexibility index (Phi) is 6.85. The van der Waals surface area contributed by atoms with Crippen LogP contribution in [0.15, 0.2) is 12.5 Å². The van der Waals surface area contributed by atoms with E-state index in [1.165, 1.54) is 12.5 Å². The average Bonchev–Trinajstić information content (AvgIpc) is 2.38. The minimum atomic E-state index is -1.03. The zero-order valence-corrected chi connectivity index (χ0v) is 10.0. The fourth-order valence-electron chi connectivity index (χ4n) is 1.35. The average molecular weight is 255 g/mol. The predicted molar refractivity (Wildman–Crippen MR) is 63.2 cm³/mol. The van der Waals surface area contributed by atoms with Crippen LogP contribution in [-0.2, 0) is 11.3 Å². The highest BCUT2D eigenvalue weighted by atomic mass is 16.5. The summed E-state index contributed by atoms with van der Waals surface area (Å²) in [5, 5.41) is 20.5. The van der Waals surface area contributed by atoms with Gasteiger partial charge < -0.3 is 20.3 Å². The third-order valence-electron chi connectivity index (χ3n) is 2.20. The van der Waals surface area contributed by atoms with Crippen LogP contribution in [0.3, 0.4) is 0 Å². The standard InChI is InChI=1S/C11H17N3O4/c15-3-5-18-4-1-2-12-7-10-9(11(16)17)6-13-8-14-10/h6,8,12,15H,1-5,7H2,(H,16,17). The molecule has 18 heavy (non-hydrogen) atoms. The number of hydrogen-bond donors (Lipinski definition) is 3. The van der Waals surface area contributed by atoms with Gasteiger partial charge in [0, 0.05) is 19.3 Å². The van der Waals surface area contributed by atoms with E-state index in [4.69, 9.17) is 14.9 Å². The Morgan fingerprint density at radius 3 is 3.00 bits per heavy atom. The molecule has 0 saturated heterocycles. The number of aliphatic hydroxyl groups is 1. The number of carboxylic acid groups (broad SMARTS) is 1. The van der Waals surface area contributed by atoms with Crippen molar-refractivity contribution >= 4 is 5.97 Å². The maximum atomic E-state index is 10.9. The molecule has 0 radical (unpaired) electrons. The Morgan fingerprint density at radius 1 is 1.44 bits per heavy atom. The molecule has 1 aromatic rings. The summed E-state index contributed by atoms with van der Waals surface area (Å²) in [6.45, 7) is 1.99. The molecule has 0 fully saturated rings. The van der Waals surface area contributed by atoms with Crippen molar-refractivity contribution in [2.45, 2.75) is 13.0 Å². The normalized spacial score (nSPS) is 10.5. The molecule has 1 aromatic heterocycles. The van der Waals surface area contributed by atoms with Gasteiger partial charge in [0.1, 0.15) is 11.9 Å². The maximum Gasteiger partial charge on any atom is 0.339 e. The SMILES string of the molecule is O=C(O)c1cncnc1CNCCCOCCO. The summed E-state index contributed by atoms with van der Waals surface area (Å²) in [5.74, 6) is -1.03. The highest BCUT2D eigenvalue weighted by Crippen LogP contribution is 2.02. The molecule has 1 rings (SSSR count). The van der Waals surface area contributed by atoms with Crippen LogP contribution < -0.4 is 5.32 Å². The summed E-state index contributed by atoms with van der Waals surface area (Å²) in [6, 6.07) is 0. The molecule has 100 valence electrons. The number of aromatic nitrogens is 2. The first kappa shape index (κ1) is 14.5. The van der Waals surface area contributed by atoms with Crippen LogP contribution in [0.4, 0.5) is 0 Å². The van der Waals surface area contributed by atoms with E-state index in [0.717, 1.165) is 6.42 Å². The minimum absolute atomic E-state index is 0.0241. The Bertz CT molecular complexity index is 373. The summed E-state index contributed by atoms with van der Waals surface area (Å²) in [7, 11) is 0. The summed E-state index contributed by atoms with van der Waals surface area (Å²) in [6.07, 6.45) is 3.40. The molecular formula is C11H17N3O4. The van der Waals surface area contributed by atoms with Crippen LogP contribution in [0.5, 0.6) is 0 Å². The van der Waals surface area contributed by atoms with E-state index in [9.17, 15) is 4.79 Å². The minimum Gasteiger partial charge on any atom is -0.478 e. The van der Waals surface area contributed by atoms with E-state index in [1.807, 2.05) is 0 Å². The molecule has 0 aliphatic heterocycles. The predicted octanol–water partition coefficient (Wildman–Crippen LogP) is -0.337. The number of nitrogens with zero attached hydrogens (tertiary/aromatic N) is 2. The second-order valence-corrected chi connectivity index (χ2v) is 3.55. The second-order valence-electron chi connectivity index (χ2n) is 3.55. The summed E-state index contributed by atoms with van der Waals surface area (Å²) in [4.78, 5) is 18.5. The monoisotopic (exact) mass is 255 g/mol. The van der Waals surface area contributed by atoms with Crippen LogP contribution in [-0.4, -0.2) is 52.5 Å². The zero-order chi connectivity index (χ0) is 13.2. The van der Waals surface area contributed by atoms with E-state index in [2.05, 4.69) is 15.3 Å². The molecule has 1 heterocycles. The molecule has 0 unspecified atom stereocenters. The van der Waals surface area contributed by atoms with Crippen molar-refractivity contribution in [3.05, 3.63) is 23.8 Å². The second kappa shape index (κ2) is 8.51. The van der Waals surface area contributed by atoms with Gasteiger partial charge in [-0.15, -0.1) is 0 Å². The third kappa shape index (κ3) is 5.17. The Balaban J connectivity index is 2.25. The molecule has 0 bridgehead atoms. The largest absolute Gasteiger partial charge is 0.478 e. The van der Waals surface area contributed by atoms with Crippen LogP contribution >= 0.6 is 0 Å². The lowest BCUT2D eigenvalue weighted by Gasteiger charge is -2.06. The Morgan fingerprint density at radius 2 is 2.28 bits per heavy atom. The molecule has 7 nitrogen and oxygen atoms in total. The molecule has 0 atom stereocenters. The molecule has 0 amide bonds. The third-order valence-corrected chi connectivity index (χ3v) is 2.20. The van der Waals surface area contributed by atoms with Crippen molar-refractivity contribution in [1.82, 2.24) is 15.3 Å². The number of hydrogen-bond acceptors (Lipinski definition) is 6. The smallest absolute Gasteiger partial charge is 0.339 e. The van der Waals surface area contributed by atoms with E-state index >= 15 is 0 Å². The summed E-state index contributed by atoms with van der Waals surface area (Å²) in [5.41, 5.74) is 0.579. The van der Waals surface area contributed by atoms with Gasteiger partial charge in [0.2, 0.25) is 0 Å². The van der Waals surface area contributed by atoms with E-state index in [0.29, 0.717) is 32.0 Å². The molecule has 7 heteroatoms.